The van der Waals surface area contributed by atoms with E-state index in [9.17, 15) is 0 Å². The maximum atomic E-state index is 4.72. The van der Waals surface area contributed by atoms with Gasteiger partial charge in [-0.3, -0.25) is 4.99 Å². The van der Waals surface area contributed by atoms with Gasteiger partial charge in [-0.15, -0.1) is 0 Å². The van der Waals surface area contributed by atoms with Gasteiger partial charge in [0.05, 0.1) is 17.1 Å². The molecular weight excluding hydrogens is 605 g/mol. The van der Waals surface area contributed by atoms with Crippen LogP contribution in [0.25, 0.3) is 67.7 Å². The van der Waals surface area contributed by atoms with Crippen LogP contribution in [0, 0.1) is 0 Å². The molecule has 0 aromatic heterocycles. The molecule has 0 unspecified atom stereocenters. The number of rotatable bonds is 8. The lowest BCUT2D eigenvalue weighted by atomic mass is 9.87. The standard InChI is InChI=1S/C48H36N2/c1-4-33-20-25-40(30-34(33)5-2)35-21-23-36(24-22-35)41-27-29-44-43-28-26-37-14-12-13-19-42(37)45(43)32-50(46(44)31-41)48(39-17-10-7-11-18-39)47(49-3)38-15-8-6-9-16-38/h4-31H,1-3,32H2/b48-47-. The first-order chi connectivity index (χ1) is 24.7. The van der Waals surface area contributed by atoms with Gasteiger partial charge in [-0.1, -0.05) is 171 Å². The Morgan fingerprint density at radius 2 is 1.12 bits per heavy atom. The summed E-state index contributed by atoms with van der Waals surface area (Å²) in [4.78, 5) is 7.17. The van der Waals surface area contributed by atoms with Crippen molar-refractivity contribution in [3.8, 4) is 33.4 Å². The molecule has 0 amide bonds. The Morgan fingerprint density at radius 1 is 0.540 bits per heavy atom. The molecule has 7 aromatic carbocycles. The quantitative estimate of drug-likeness (QED) is 0.119. The zero-order valence-electron chi connectivity index (χ0n) is 27.9. The lowest BCUT2D eigenvalue weighted by Crippen LogP contribution is -2.26. The van der Waals surface area contributed by atoms with Crippen molar-refractivity contribution in [2.75, 3.05) is 4.90 Å². The maximum Gasteiger partial charge on any atom is 0.0937 e. The molecule has 1 aliphatic heterocycles. The molecule has 7 aromatic rings. The maximum absolute atomic E-state index is 4.72. The molecule has 0 aliphatic carbocycles. The van der Waals surface area contributed by atoms with E-state index >= 15 is 0 Å². The highest BCUT2D eigenvalue weighted by Gasteiger charge is 2.29. The number of hydrogen-bond acceptors (Lipinski definition) is 2. The van der Waals surface area contributed by atoms with Gasteiger partial charge in [0.2, 0.25) is 0 Å². The van der Waals surface area contributed by atoms with Crippen molar-refractivity contribution in [3.05, 3.63) is 199 Å². The second-order valence-corrected chi connectivity index (χ2v) is 12.5. The van der Waals surface area contributed by atoms with Gasteiger partial charge in [-0.05, 0) is 74.1 Å². The highest BCUT2D eigenvalue weighted by molar-refractivity contribution is 6.04. The Hall–Kier alpha value is -6.51. The molecule has 0 spiro atoms. The molecule has 2 nitrogen and oxygen atoms in total. The van der Waals surface area contributed by atoms with Gasteiger partial charge in [0, 0.05) is 23.2 Å². The van der Waals surface area contributed by atoms with Crippen molar-refractivity contribution < 1.29 is 0 Å². The fourth-order valence-electron chi connectivity index (χ4n) is 7.25. The molecule has 0 radical (unpaired) electrons. The van der Waals surface area contributed by atoms with Crippen molar-refractivity contribution >= 4 is 46.7 Å². The number of fused-ring (bicyclic) bond motifs is 5. The summed E-state index contributed by atoms with van der Waals surface area (Å²) in [6.45, 7) is 12.7. The van der Waals surface area contributed by atoms with Crippen LogP contribution in [0.1, 0.15) is 27.8 Å². The molecular formula is C48H36N2. The lowest BCUT2D eigenvalue weighted by molar-refractivity contribution is 0.977. The zero-order valence-corrected chi connectivity index (χ0v) is 27.9. The van der Waals surface area contributed by atoms with E-state index in [-0.39, 0.29) is 0 Å². The Bertz CT molecular complexity index is 2430. The van der Waals surface area contributed by atoms with Crippen LogP contribution in [0.3, 0.4) is 0 Å². The van der Waals surface area contributed by atoms with Gasteiger partial charge >= 0.3 is 0 Å². The molecule has 0 atom stereocenters. The molecule has 8 rings (SSSR count). The lowest BCUT2D eigenvalue weighted by Gasteiger charge is -2.36. The summed E-state index contributed by atoms with van der Waals surface area (Å²) in [5, 5.41) is 2.50. The predicted molar refractivity (Wildman–Crippen MR) is 216 cm³/mol. The van der Waals surface area contributed by atoms with Crippen LogP contribution < -0.4 is 4.90 Å². The zero-order chi connectivity index (χ0) is 34.0. The van der Waals surface area contributed by atoms with Crippen LogP contribution in [-0.4, -0.2) is 6.72 Å². The summed E-state index contributed by atoms with van der Waals surface area (Å²) in [5.41, 5.74) is 15.7. The second kappa shape index (κ2) is 13.2. The van der Waals surface area contributed by atoms with Gasteiger partial charge in [0.25, 0.3) is 0 Å². The number of hydrogen-bond donors (Lipinski definition) is 0. The van der Waals surface area contributed by atoms with Crippen LogP contribution in [0.4, 0.5) is 5.69 Å². The SMILES string of the molecule is C=Cc1ccc(-c2ccc(-c3ccc4c(c3)N(/C(=C(\N=C)c3ccccc3)c3ccccc3)Cc3c-4ccc4ccccc34)cc2)cc1C=C. The van der Waals surface area contributed by atoms with E-state index in [1.807, 2.05) is 18.2 Å². The van der Waals surface area contributed by atoms with Crippen LogP contribution in [0.5, 0.6) is 0 Å². The van der Waals surface area contributed by atoms with E-state index in [0.29, 0.717) is 6.54 Å². The molecule has 50 heavy (non-hydrogen) atoms. The van der Waals surface area contributed by atoms with Crippen LogP contribution >= 0.6 is 0 Å². The molecule has 0 N–H and O–H groups in total. The van der Waals surface area contributed by atoms with Crippen LogP contribution in [0.2, 0.25) is 0 Å². The summed E-state index contributed by atoms with van der Waals surface area (Å²) >= 11 is 0. The first kappa shape index (κ1) is 30.8. The molecule has 238 valence electrons. The summed E-state index contributed by atoms with van der Waals surface area (Å²) in [5.74, 6) is 0. The average Bonchev–Trinajstić information content (AvgIpc) is 3.19. The molecule has 0 fully saturated rings. The number of aliphatic imine (C=N–C) groups is 1. The normalized spacial score (nSPS) is 12.4. The largest absolute Gasteiger partial charge is 0.334 e. The second-order valence-electron chi connectivity index (χ2n) is 12.5. The third-order valence-corrected chi connectivity index (χ3v) is 9.76. The minimum absolute atomic E-state index is 0.689. The Labute approximate surface area is 294 Å². The summed E-state index contributed by atoms with van der Waals surface area (Å²) in [6, 6.07) is 56.3. The van der Waals surface area contributed by atoms with E-state index in [1.165, 1.54) is 27.5 Å². The number of nitrogens with zero attached hydrogens (tertiary/aromatic N) is 2. The molecule has 0 bridgehead atoms. The Morgan fingerprint density at radius 3 is 1.80 bits per heavy atom. The Balaban J connectivity index is 1.32. The summed E-state index contributed by atoms with van der Waals surface area (Å²) in [6.07, 6.45) is 3.76. The van der Waals surface area contributed by atoms with Crippen molar-refractivity contribution in [2.24, 2.45) is 4.99 Å². The minimum atomic E-state index is 0.689. The van der Waals surface area contributed by atoms with E-state index in [2.05, 4.69) is 176 Å². The Kier molecular flexibility index (Phi) is 8.12. The summed E-state index contributed by atoms with van der Waals surface area (Å²) < 4.78 is 0. The van der Waals surface area contributed by atoms with Crippen molar-refractivity contribution in [1.29, 1.82) is 0 Å². The smallest absolute Gasteiger partial charge is 0.0937 e. The third-order valence-electron chi connectivity index (χ3n) is 9.76. The summed E-state index contributed by atoms with van der Waals surface area (Å²) in [7, 11) is 0. The molecule has 1 heterocycles. The average molecular weight is 641 g/mol. The van der Waals surface area contributed by atoms with E-state index in [4.69, 9.17) is 4.99 Å². The fraction of sp³-hybridized carbons (Fsp3) is 0.0208. The van der Waals surface area contributed by atoms with E-state index in [1.54, 1.807) is 0 Å². The molecule has 1 aliphatic rings. The molecule has 0 saturated carbocycles. The van der Waals surface area contributed by atoms with Gasteiger partial charge in [-0.2, -0.15) is 0 Å². The first-order valence-corrected chi connectivity index (χ1v) is 16.9. The fourth-order valence-corrected chi connectivity index (χ4v) is 7.25. The topological polar surface area (TPSA) is 15.6 Å². The van der Waals surface area contributed by atoms with Gasteiger partial charge in [-0.25, -0.2) is 0 Å². The van der Waals surface area contributed by atoms with E-state index < -0.39 is 0 Å². The highest BCUT2D eigenvalue weighted by Crippen LogP contribution is 2.48. The molecule has 0 saturated heterocycles. The van der Waals surface area contributed by atoms with Crippen molar-refractivity contribution in [2.45, 2.75) is 6.54 Å². The molecule has 2 heteroatoms. The highest BCUT2D eigenvalue weighted by atomic mass is 15.2. The van der Waals surface area contributed by atoms with Crippen molar-refractivity contribution in [1.82, 2.24) is 0 Å². The van der Waals surface area contributed by atoms with Crippen molar-refractivity contribution in [3.63, 3.8) is 0 Å². The number of benzene rings is 7. The van der Waals surface area contributed by atoms with E-state index in [0.717, 1.165) is 61.6 Å². The van der Waals surface area contributed by atoms with Gasteiger partial charge in [0.15, 0.2) is 0 Å². The number of anilines is 1. The predicted octanol–water partition coefficient (Wildman–Crippen LogP) is 12.7. The van der Waals surface area contributed by atoms with Crippen LogP contribution in [-0.2, 0) is 6.54 Å². The third kappa shape index (κ3) is 5.47. The van der Waals surface area contributed by atoms with Crippen LogP contribution in [0.15, 0.2) is 176 Å². The van der Waals surface area contributed by atoms with Gasteiger partial charge in [0.1, 0.15) is 0 Å². The monoisotopic (exact) mass is 640 g/mol. The first-order valence-electron chi connectivity index (χ1n) is 16.9. The van der Waals surface area contributed by atoms with Gasteiger partial charge < -0.3 is 4.90 Å². The minimum Gasteiger partial charge on any atom is -0.334 e.